The predicted octanol–water partition coefficient (Wildman–Crippen LogP) is 0.150. The lowest BCUT2D eigenvalue weighted by atomic mass is 10.1. The third-order valence-corrected chi connectivity index (χ3v) is 2.33. The van der Waals surface area contributed by atoms with Crippen molar-refractivity contribution in [3.8, 4) is 0 Å². The van der Waals surface area contributed by atoms with Crippen LogP contribution >= 0.6 is 0 Å². The first kappa shape index (κ1) is 13.9. The molecule has 1 unspecified atom stereocenters. The van der Waals surface area contributed by atoms with Crippen molar-refractivity contribution < 1.29 is 19.1 Å². The predicted molar refractivity (Wildman–Crippen MR) is 61.6 cm³/mol. The number of morpholine rings is 1. The summed E-state index contributed by atoms with van der Waals surface area (Å²) in [7, 11) is 0. The number of carbonyl (C=O) groups is 2. The summed E-state index contributed by atoms with van der Waals surface area (Å²) in [4.78, 5) is 24.9. The van der Waals surface area contributed by atoms with Gasteiger partial charge in [-0.3, -0.25) is 9.69 Å². The van der Waals surface area contributed by atoms with Gasteiger partial charge in [-0.15, -0.1) is 0 Å². The molecule has 1 rings (SSSR count). The van der Waals surface area contributed by atoms with Crippen molar-refractivity contribution >= 4 is 11.9 Å². The van der Waals surface area contributed by atoms with E-state index in [0.29, 0.717) is 13.2 Å². The molecule has 6 heteroatoms. The quantitative estimate of drug-likeness (QED) is 0.747. The van der Waals surface area contributed by atoms with Crippen LogP contribution in [0.25, 0.3) is 0 Å². The molecule has 98 valence electrons. The van der Waals surface area contributed by atoms with Crippen molar-refractivity contribution in [3.05, 3.63) is 0 Å². The number of ether oxygens (including phenoxy) is 2. The van der Waals surface area contributed by atoms with Crippen LogP contribution < -0.4 is 5.73 Å². The number of hydrogen-bond acceptors (Lipinski definition) is 5. The molecular formula is C11H20N2O4. The molecule has 2 N–H and O–H groups in total. The molecule has 0 spiro atoms. The maximum atomic E-state index is 11.9. The number of Topliss-reactive ketones (excluding diaryl/α,β-unsaturated/α-hetero) is 1. The molecule has 1 atom stereocenters. The third-order valence-electron chi connectivity index (χ3n) is 2.33. The summed E-state index contributed by atoms with van der Waals surface area (Å²) in [6.45, 7) is 6.20. The number of nitrogens with two attached hydrogens (primary N) is 1. The molecule has 0 aromatic rings. The van der Waals surface area contributed by atoms with E-state index in [0.717, 1.165) is 0 Å². The van der Waals surface area contributed by atoms with Gasteiger partial charge in [0.05, 0.1) is 19.8 Å². The van der Waals surface area contributed by atoms with Crippen LogP contribution in [0.3, 0.4) is 0 Å². The fraction of sp³-hybridized carbons (Fsp3) is 0.818. The summed E-state index contributed by atoms with van der Waals surface area (Å²) >= 11 is 0. The Morgan fingerprint density at radius 1 is 1.47 bits per heavy atom. The second-order valence-electron chi connectivity index (χ2n) is 4.93. The molecule has 0 aliphatic carbocycles. The average Bonchev–Trinajstić information content (AvgIpc) is 2.25. The molecule has 1 fully saturated rings. The van der Waals surface area contributed by atoms with Crippen molar-refractivity contribution in [1.29, 1.82) is 0 Å². The normalized spacial score (nSPS) is 21.2. The number of amides is 1. The molecule has 17 heavy (non-hydrogen) atoms. The smallest absolute Gasteiger partial charge is 0.411 e. The second-order valence-corrected chi connectivity index (χ2v) is 4.93. The van der Waals surface area contributed by atoms with Crippen LogP contribution in [0.2, 0.25) is 0 Å². The van der Waals surface area contributed by atoms with Crippen LogP contribution in [0.15, 0.2) is 0 Å². The highest BCUT2D eigenvalue weighted by Gasteiger charge is 2.34. The standard InChI is InChI=1S/C11H20N2O4/c1-11(2,3)17-10(15)13-4-5-16-7-8(13)9(14)6-12/h8H,4-7,12H2,1-3H3. The lowest BCUT2D eigenvalue weighted by Gasteiger charge is -2.35. The SMILES string of the molecule is CC(C)(C)OC(=O)N1CCOCC1C(=O)CN. The Morgan fingerprint density at radius 2 is 2.12 bits per heavy atom. The molecular weight excluding hydrogens is 224 g/mol. The monoisotopic (exact) mass is 244 g/mol. The van der Waals surface area contributed by atoms with Gasteiger partial charge in [0.15, 0.2) is 5.78 Å². The summed E-state index contributed by atoms with van der Waals surface area (Å²) in [5, 5.41) is 0. The lowest BCUT2D eigenvalue weighted by Crippen LogP contribution is -2.55. The van der Waals surface area contributed by atoms with Gasteiger partial charge in [-0.2, -0.15) is 0 Å². The molecule has 0 radical (unpaired) electrons. The Bertz CT molecular complexity index is 298. The van der Waals surface area contributed by atoms with Crippen molar-refractivity contribution in [2.45, 2.75) is 32.4 Å². The third kappa shape index (κ3) is 3.98. The summed E-state index contributed by atoms with van der Waals surface area (Å²) in [6.07, 6.45) is -0.493. The lowest BCUT2D eigenvalue weighted by molar-refractivity contribution is -0.128. The number of nitrogens with zero attached hydrogens (tertiary/aromatic N) is 1. The first-order chi connectivity index (χ1) is 7.85. The number of ketones is 1. The zero-order chi connectivity index (χ0) is 13.1. The summed E-state index contributed by atoms with van der Waals surface area (Å²) in [5.74, 6) is -0.212. The van der Waals surface area contributed by atoms with Gasteiger partial charge >= 0.3 is 6.09 Å². The molecule has 0 saturated carbocycles. The van der Waals surface area contributed by atoms with E-state index < -0.39 is 17.7 Å². The van der Waals surface area contributed by atoms with Gasteiger partial charge in [-0.1, -0.05) is 0 Å². The molecule has 0 aromatic heterocycles. The van der Waals surface area contributed by atoms with E-state index in [9.17, 15) is 9.59 Å². The van der Waals surface area contributed by atoms with Gasteiger partial charge in [0.1, 0.15) is 11.6 Å². The van der Waals surface area contributed by atoms with Gasteiger partial charge < -0.3 is 15.2 Å². The van der Waals surface area contributed by atoms with Crippen LogP contribution in [0.5, 0.6) is 0 Å². The van der Waals surface area contributed by atoms with Gasteiger partial charge in [-0.05, 0) is 20.8 Å². The Kier molecular flexibility index (Phi) is 4.47. The maximum absolute atomic E-state index is 11.9. The van der Waals surface area contributed by atoms with E-state index in [-0.39, 0.29) is 18.9 Å². The van der Waals surface area contributed by atoms with Crippen LogP contribution in [0.1, 0.15) is 20.8 Å². The Morgan fingerprint density at radius 3 is 2.65 bits per heavy atom. The number of hydrogen-bond donors (Lipinski definition) is 1. The Hall–Kier alpha value is -1.14. The van der Waals surface area contributed by atoms with E-state index in [4.69, 9.17) is 15.2 Å². The maximum Gasteiger partial charge on any atom is 0.411 e. The zero-order valence-electron chi connectivity index (χ0n) is 10.6. The minimum atomic E-state index is -0.622. The van der Waals surface area contributed by atoms with E-state index in [1.165, 1.54) is 4.90 Å². The fourth-order valence-corrected chi connectivity index (χ4v) is 1.55. The first-order valence-corrected chi connectivity index (χ1v) is 5.65. The molecule has 1 aliphatic heterocycles. The van der Waals surface area contributed by atoms with Crippen LogP contribution in [-0.2, 0) is 14.3 Å². The van der Waals surface area contributed by atoms with E-state index in [2.05, 4.69) is 0 Å². The highest BCUT2D eigenvalue weighted by Crippen LogP contribution is 2.14. The van der Waals surface area contributed by atoms with E-state index in [1.807, 2.05) is 0 Å². The molecule has 1 saturated heterocycles. The minimum Gasteiger partial charge on any atom is -0.444 e. The van der Waals surface area contributed by atoms with Crippen LogP contribution in [0, 0.1) is 0 Å². The minimum absolute atomic E-state index is 0.104. The highest BCUT2D eigenvalue weighted by atomic mass is 16.6. The fourth-order valence-electron chi connectivity index (χ4n) is 1.55. The molecule has 1 heterocycles. The van der Waals surface area contributed by atoms with Crippen LogP contribution in [0.4, 0.5) is 4.79 Å². The first-order valence-electron chi connectivity index (χ1n) is 5.65. The zero-order valence-corrected chi connectivity index (χ0v) is 10.6. The molecule has 1 amide bonds. The van der Waals surface area contributed by atoms with Crippen molar-refractivity contribution in [2.75, 3.05) is 26.3 Å². The number of carbonyl (C=O) groups excluding carboxylic acids is 2. The van der Waals surface area contributed by atoms with Crippen molar-refractivity contribution in [2.24, 2.45) is 5.73 Å². The van der Waals surface area contributed by atoms with Gasteiger partial charge in [0.25, 0.3) is 0 Å². The highest BCUT2D eigenvalue weighted by molar-refractivity contribution is 5.89. The summed E-state index contributed by atoms with van der Waals surface area (Å²) in [5.41, 5.74) is 4.73. The Labute approximate surface area is 101 Å². The Balaban J connectivity index is 2.71. The largest absolute Gasteiger partial charge is 0.444 e. The van der Waals surface area contributed by atoms with E-state index in [1.54, 1.807) is 20.8 Å². The molecule has 0 bridgehead atoms. The summed E-state index contributed by atoms with van der Waals surface area (Å²) in [6, 6.07) is -0.622. The van der Waals surface area contributed by atoms with Crippen molar-refractivity contribution in [3.63, 3.8) is 0 Å². The second kappa shape index (κ2) is 5.46. The van der Waals surface area contributed by atoms with Crippen LogP contribution in [-0.4, -0.2) is 54.7 Å². The van der Waals surface area contributed by atoms with Crippen molar-refractivity contribution in [1.82, 2.24) is 4.90 Å². The topological polar surface area (TPSA) is 81.9 Å². The van der Waals surface area contributed by atoms with Gasteiger partial charge in [0.2, 0.25) is 0 Å². The average molecular weight is 244 g/mol. The molecule has 6 nitrogen and oxygen atoms in total. The molecule has 1 aliphatic rings. The summed E-state index contributed by atoms with van der Waals surface area (Å²) < 4.78 is 10.4. The van der Waals surface area contributed by atoms with Gasteiger partial charge in [0, 0.05) is 6.54 Å². The van der Waals surface area contributed by atoms with Gasteiger partial charge in [-0.25, -0.2) is 4.79 Å². The molecule has 0 aromatic carbocycles. The van der Waals surface area contributed by atoms with E-state index >= 15 is 0 Å². The number of rotatable bonds is 2.